The number of esters is 1. The smallest absolute Gasteiger partial charge is 0.305 e. The third kappa shape index (κ3) is 59.4. The minimum atomic E-state index is -0.672. The Kier molecular flexibility index (Phi) is 61.4. The van der Waals surface area contributed by atoms with Gasteiger partial charge in [0.2, 0.25) is 5.91 Å². The Morgan fingerprint density at radius 2 is 0.671 bits per heavy atom. The van der Waals surface area contributed by atoms with Gasteiger partial charge < -0.3 is 20.3 Å². The Morgan fingerprint density at radius 3 is 1.01 bits per heavy atom. The predicted molar refractivity (Wildman–Crippen MR) is 320 cm³/mol. The van der Waals surface area contributed by atoms with Gasteiger partial charge in [0.1, 0.15) is 0 Å². The number of nitrogens with one attached hydrogen (secondary N) is 1. The van der Waals surface area contributed by atoms with Gasteiger partial charge in [-0.25, -0.2) is 0 Å². The van der Waals surface area contributed by atoms with E-state index in [1.54, 1.807) is 0 Å². The maximum absolute atomic E-state index is 12.5. The van der Waals surface area contributed by atoms with E-state index >= 15 is 0 Å². The van der Waals surface area contributed by atoms with E-state index in [4.69, 9.17) is 4.74 Å². The monoisotopic (exact) mass is 1030 g/mol. The molecule has 0 aliphatic rings. The second-order valence-corrected chi connectivity index (χ2v) is 22.8. The van der Waals surface area contributed by atoms with Crippen LogP contribution in [0.4, 0.5) is 0 Å². The maximum atomic E-state index is 12.5. The number of aliphatic hydroxyl groups is 2. The number of hydrogen-bond donors (Lipinski definition) is 3. The van der Waals surface area contributed by atoms with Crippen LogP contribution in [0.25, 0.3) is 0 Å². The van der Waals surface area contributed by atoms with Gasteiger partial charge in [0, 0.05) is 12.8 Å². The third-order valence-electron chi connectivity index (χ3n) is 15.5. The Labute approximate surface area is 456 Å². The van der Waals surface area contributed by atoms with Gasteiger partial charge in [0.25, 0.3) is 0 Å². The molecule has 0 aromatic heterocycles. The van der Waals surface area contributed by atoms with Crippen LogP contribution in [0.2, 0.25) is 0 Å². The van der Waals surface area contributed by atoms with Crippen molar-refractivity contribution in [2.45, 2.75) is 379 Å². The molecule has 0 saturated heterocycles. The van der Waals surface area contributed by atoms with Crippen LogP contribution in [0, 0.1) is 0 Å². The summed E-state index contributed by atoms with van der Waals surface area (Å²) >= 11 is 0. The van der Waals surface area contributed by atoms with Crippen LogP contribution >= 0.6 is 0 Å². The van der Waals surface area contributed by atoms with Crippen LogP contribution in [0.15, 0.2) is 24.3 Å². The standard InChI is InChI=1S/C67H129NO5/c1-3-5-7-9-11-13-15-17-19-21-24-27-31-35-39-43-47-51-55-59-65(70)64(63-69)68-66(71)60-56-52-48-44-40-36-32-28-25-23-26-30-34-38-42-46-50-54-58-62-73-67(72)61-57-53-49-45-41-37-33-29-22-20-18-16-14-12-10-8-6-4-2/h30,34,38,42,64-65,69-70H,3-29,31-33,35-37,39-41,43-63H2,1-2H3,(H,68,71)/b34-30-,42-38-. The molecule has 73 heavy (non-hydrogen) atoms. The molecule has 0 radical (unpaired) electrons. The number of carbonyl (C=O) groups excluding carboxylic acids is 2. The van der Waals surface area contributed by atoms with Crippen LogP contribution in [-0.4, -0.2) is 47.4 Å². The molecule has 2 unspecified atom stereocenters. The Balaban J connectivity index is 3.45. The van der Waals surface area contributed by atoms with E-state index in [0.717, 1.165) is 70.6 Å². The van der Waals surface area contributed by atoms with Crippen molar-refractivity contribution < 1.29 is 24.5 Å². The summed E-state index contributed by atoms with van der Waals surface area (Å²) in [5, 5.41) is 23.4. The first-order chi connectivity index (χ1) is 36.0. The maximum Gasteiger partial charge on any atom is 0.305 e. The summed E-state index contributed by atoms with van der Waals surface area (Å²) in [5.41, 5.74) is 0. The largest absolute Gasteiger partial charge is 0.466 e. The highest BCUT2D eigenvalue weighted by atomic mass is 16.5. The second kappa shape index (κ2) is 62.9. The average Bonchev–Trinajstić information content (AvgIpc) is 3.39. The minimum absolute atomic E-state index is 0.00812. The van der Waals surface area contributed by atoms with Crippen LogP contribution in [-0.2, 0) is 14.3 Å². The third-order valence-corrected chi connectivity index (χ3v) is 15.5. The Morgan fingerprint density at radius 1 is 0.384 bits per heavy atom. The van der Waals surface area contributed by atoms with Gasteiger partial charge in [-0.15, -0.1) is 0 Å². The number of hydrogen-bond acceptors (Lipinski definition) is 5. The molecule has 6 heteroatoms. The molecular weight excluding hydrogens is 899 g/mol. The van der Waals surface area contributed by atoms with E-state index in [0.29, 0.717) is 25.9 Å². The van der Waals surface area contributed by atoms with Crippen molar-refractivity contribution in [2.75, 3.05) is 13.2 Å². The minimum Gasteiger partial charge on any atom is -0.466 e. The molecule has 0 saturated carbocycles. The van der Waals surface area contributed by atoms with E-state index < -0.39 is 12.1 Å². The fourth-order valence-electron chi connectivity index (χ4n) is 10.5. The van der Waals surface area contributed by atoms with Crippen molar-refractivity contribution in [3.63, 3.8) is 0 Å². The number of amides is 1. The normalized spacial score (nSPS) is 12.7. The number of allylic oxidation sites excluding steroid dienone is 4. The van der Waals surface area contributed by atoms with Crippen molar-refractivity contribution in [1.82, 2.24) is 5.32 Å². The van der Waals surface area contributed by atoms with E-state index in [1.807, 2.05) is 0 Å². The quantitative estimate of drug-likeness (QED) is 0.0320. The van der Waals surface area contributed by atoms with E-state index in [1.165, 1.54) is 263 Å². The molecule has 0 aliphatic carbocycles. The molecule has 6 nitrogen and oxygen atoms in total. The Bertz CT molecular complexity index is 1140. The average molecular weight is 1030 g/mol. The van der Waals surface area contributed by atoms with Crippen LogP contribution in [0.5, 0.6) is 0 Å². The zero-order chi connectivity index (χ0) is 52.9. The van der Waals surface area contributed by atoms with Gasteiger partial charge in [0.15, 0.2) is 0 Å². The second-order valence-electron chi connectivity index (χ2n) is 22.8. The summed E-state index contributed by atoms with van der Waals surface area (Å²) in [6.45, 7) is 4.95. The molecule has 0 aromatic rings. The van der Waals surface area contributed by atoms with Crippen molar-refractivity contribution in [1.29, 1.82) is 0 Å². The number of unbranched alkanes of at least 4 members (excludes halogenated alkanes) is 48. The molecule has 432 valence electrons. The highest BCUT2D eigenvalue weighted by Crippen LogP contribution is 2.18. The van der Waals surface area contributed by atoms with Gasteiger partial charge in [0.05, 0.1) is 25.4 Å². The molecule has 0 bridgehead atoms. The topological polar surface area (TPSA) is 95.9 Å². The Hall–Kier alpha value is -1.66. The van der Waals surface area contributed by atoms with E-state index in [-0.39, 0.29) is 18.5 Å². The van der Waals surface area contributed by atoms with Crippen molar-refractivity contribution in [2.24, 2.45) is 0 Å². The number of aliphatic hydroxyl groups excluding tert-OH is 2. The zero-order valence-corrected chi connectivity index (χ0v) is 49.4. The predicted octanol–water partition coefficient (Wildman–Crippen LogP) is 21.0. The van der Waals surface area contributed by atoms with Gasteiger partial charge in [-0.05, 0) is 57.8 Å². The number of carbonyl (C=O) groups is 2. The van der Waals surface area contributed by atoms with Gasteiger partial charge >= 0.3 is 5.97 Å². The fraction of sp³-hybridized carbons (Fsp3) is 0.910. The summed E-state index contributed by atoms with van der Waals surface area (Å²) in [7, 11) is 0. The molecule has 2 atom stereocenters. The summed E-state index contributed by atoms with van der Waals surface area (Å²) in [5.74, 6) is -0.0495. The van der Waals surface area contributed by atoms with Gasteiger partial charge in [-0.3, -0.25) is 9.59 Å². The van der Waals surface area contributed by atoms with Crippen LogP contribution in [0.1, 0.15) is 367 Å². The van der Waals surface area contributed by atoms with Crippen LogP contribution < -0.4 is 5.32 Å². The molecule has 3 N–H and O–H groups in total. The fourth-order valence-corrected chi connectivity index (χ4v) is 10.5. The molecule has 1 amide bonds. The molecule has 0 heterocycles. The molecule has 0 spiro atoms. The highest BCUT2D eigenvalue weighted by Gasteiger charge is 2.20. The lowest BCUT2D eigenvalue weighted by molar-refractivity contribution is -0.143. The first-order valence-corrected chi connectivity index (χ1v) is 33.1. The van der Waals surface area contributed by atoms with Crippen molar-refractivity contribution in [3.05, 3.63) is 24.3 Å². The zero-order valence-electron chi connectivity index (χ0n) is 49.4. The molecule has 0 aromatic carbocycles. The van der Waals surface area contributed by atoms with Crippen molar-refractivity contribution in [3.8, 4) is 0 Å². The summed E-state index contributed by atoms with van der Waals surface area (Å²) in [6.07, 6.45) is 77.7. The van der Waals surface area contributed by atoms with Gasteiger partial charge in [-0.2, -0.15) is 0 Å². The number of ether oxygens (including phenoxy) is 1. The lowest BCUT2D eigenvalue weighted by atomic mass is 10.0. The first kappa shape index (κ1) is 71.3. The molecule has 0 fully saturated rings. The van der Waals surface area contributed by atoms with Crippen LogP contribution in [0.3, 0.4) is 0 Å². The number of rotatable bonds is 62. The van der Waals surface area contributed by atoms with Crippen molar-refractivity contribution >= 4 is 11.9 Å². The van der Waals surface area contributed by atoms with E-state index in [9.17, 15) is 19.8 Å². The van der Waals surface area contributed by atoms with Gasteiger partial charge in [-0.1, -0.05) is 321 Å². The summed E-state index contributed by atoms with van der Waals surface area (Å²) in [4.78, 5) is 24.6. The summed E-state index contributed by atoms with van der Waals surface area (Å²) in [6, 6.07) is -0.550. The lowest BCUT2D eigenvalue weighted by Crippen LogP contribution is -2.45. The SMILES string of the molecule is CCCCCCCCCCCCCCCCCCCCCC(O)C(CO)NC(=O)CCCCCCCCCCCC/C=C\C=C/CCCCCOC(=O)CCCCCCCCCCCCCCCCCCCC. The summed E-state index contributed by atoms with van der Waals surface area (Å²) < 4.78 is 5.48. The molecular formula is C67H129NO5. The molecule has 0 rings (SSSR count). The first-order valence-electron chi connectivity index (χ1n) is 33.1. The molecule has 0 aliphatic heterocycles. The lowest BCUT2D eigenvalue weighted by Gasteiger charge is -2.22. The van der Waals surface area contributed by atoms with E-state index in [2.05, 4.69) is 43.5 Å². The highest BCUT2D eigenvalue weighted by molar-refractivity contribution is 5.76.